The van der Waals surface area contributed by atoms with Gasteiger partial charge in [0.1, 0.15) is 0 Å². The van der Waals surface area contributed by atoms with Crippen molar-refractivity contribution in [2.24, 2.45) is 0 Å². The highest BCUT2D eigenvalue weighted by molar-refractivity contribution is 7.82. The smallest absolute Gasteiger partial charge is 0.0522 e. The molecule has 134 valence electrons. The van der Waals surface area contributed by atoms with Crippen LogP contribution in [0.15, 0.2) is 121 Å². The maximum atomic E-state index is 4.44. The lowest BCUT2D eigenvalue weighted by Crippen LogP contribution is -2.01. The minimum absolute atomic E-state index is 0.777. The fraction of sp³-hybridized carbons (Fsp3) is 0. The average Bonchev–Trinajstić information content (AvgIpc) is 2.76. The van der Waals surface area contributed by atoms with Gasteiger partial charge in [0.15, 0.2) is 0 Å². The fourth-order valence-electron chi connectivity index (χ4n) is 2.50. The third kappa shape index (κ3) is 6.29. The van der Waals surface area contributed by atoms with E-state index in [1.165, 1.54) is 10.6 Å². The molecule has 0 aliphatic heterocycles. The number of anilines is 2. The molecule has 0 bridgehead atoms. The van der Waals surface area contributed by atoms with E-state index in [9.17, 15) is 0 Å². The first-order chi connectivity index (χ1) is 13.3. The Morgan fingerprint density at radius 1 is 0.444 bits per heavy atom. The van der Waals surface area contributed by atoms with E-state index in [0.717, 1.165) is 20.0 Å². The van der Waals surface area contributed by atoms with Crippen molar-refractivity contribution in [2.45, 2.75) is 0 Å². The Labute approximate surface area is 169 Å². The summed E-state index contributed by atoms with van der Waals surface area (Å²) in [4.78, 5) is 0. The second-order valence-electron chi connectivity index (χ2n) is 5.84. The molecule has 0 saturated heterocycles. The van der Waals surface area contributed by atoms with Crippen LogP contribution in [-0.2, 0) is 0 Å². The highest BCUT2D eigenvalue weighted by Gasteiger charge is 2.01. The van der Waals surface area contributed by atoms with E-state index >= 15 is 0 Å². The molecule has 1 nitrogen and oxygen atoms in total. The Hall–Kier alpha value is -2.54. The second-order valence-corrected chi connectivity index (χ2v) is 7.64. The van der Waals surface area contributed by atoms with Crippen LogP contribution in [0.25, 0.3) is 0 Å². The maximum absolute atomic E-state index is 4.44. The van der Waals surface area contributed by atoms with Crippen LogP contribution in [0.5, 0.6) is 0 Å². The van der Waals surface area contributed by atoms with Gasteiger partial charge < -0.3 is 0 Å². The summed E-state index contributed by atoms with van der Waals surface area (Å²) in [5, 5.41) is 2.79. The van der Waals surface area contributed by atoms with Crippen molar-refractivity contribution in [3.8, 4) is 0 Å². The molecule has 0 aromatic heterocycles. The first-order valence-corrected chi connectivity index (χ1v) is 10.2. The first kappa shape index (κ1) is 19.2. The van der Waals surface area contributed by atoms with Crippen LogP contribution in [0, 0.1) is 0 Å². The van der Waals surface area contributed by atoms with Gasteiger partial charge in [-0.05, 0) is 34.9 Å². The van der Waals surface area contributed by atoms with Crippen LogP contribution < -0.4 is 14.9 Å². The molecule has 4 rings (SSSR count). The molecule has 0 aliphatic carbocycles. The molecule has 4 aromatic carbocycles. The Balaban J connectivity index is 0.000000156. The number of hydrogen-bond donors (Lipinski definition) is 1. The number of hydrogen-bond acceptors (Lipinski definition) is 2. The zero-order chi connectivity index (χ0) is 18.7. The number of rotatable bonds is 4. The van der Waals surface area contributed by atoms with E-state index in [0.29, 0.717) is 0 Å². The van der Waals surface area contributed by atoms with Crippen LogP contribution >= 0.6 is 21.4 Å². The van der Waals surface area contributed by atoms with Crippen LogP contribution in [0.3, 0.4) is 0 Å². The Kier molecular flexibility index (Phi) is 7.53. The first-order valence-electron chi connectivity index (χ1n) is 8.79. The van der Waals surface area contributed by atoms with Crippen LogP contribution in [0.1, 0.15) is 0 Å². The van der Waals surface area contributed by atoms with Gasteiger partial charge in [0.05, 0.1) is 11.4 Å². The summed E-state index contributed by atoms with van der Waals surface area (Å²) in [5.41, 5.74) is 2.14. The van der Waals surface area contributed by atoms with E-state index in [-0.39, 0.29) is 0 Å². The molecular formula is C24H22NPS. The molecule has 3 heteroatoms. The van der Waals surface area contributed by atoms with Crippen molar-refractivity contribution in [3.05, 3.63) is 121 Å². The summed E-state index contributed by atoms with van der Waals surface area (Å²) in [7, 11) is 0.777. The van der Waals surface area contributed by atoms with Crippen molar-refractivity contribution in [3.63, 3.8) is 0 Å². The van der Waals surface area contributed by atoms with Gasteiger partial charge >= 0.3 is 0 Å². The molecule has 0 saturated carbocycles. The zero-order valence-electron chi connectivity index (χ0n) is 14.9. The van der Waals surface area contributed by atoms with Gasteiger partial charge in [-0.1, -0.05) is 118 Å². The quantitative estimate of drug-likeness (QED) is 0.333. The highest BCUT2D eigenvalue weighted by Crippen LogP contribution is 2.26. The molecule has 4 aromatic rings. The SMILES string of the molecule is SN(c1ccccc1)c1ccccc1.c1ccc(Pc2ccccc2)cc1. The van der Waals surface area contributed by atoms with E-state index in [2.05, 4.69) is 73.5 Å². The third-order valence-electron chi connectivity index (χ3n) is 3.84. The molecule has 0 heterocycles. The minimum Gasteiger partial charge on any atom is -0.287 e. The molecule has 0 fully saturated rings. The normalized spacial score (nSPS) is 9.81. The summed E-state index contributed by atoms with van der Waals surface area (Å²) in [6.07, 6.45) is 0. The van der Waals surface area contributed by atoms with Gasteiger partial charge in [-0.3, -0.25) is 4.31 Å². The van der Waals surface area contributed by atoms with Gasteiger partial charge in [-0.15, -0.1) is 0 Å². The predicted molar refractivity (Wildman–Crippen MR) is 124 cm³/mol. The average molecular weight is 387 g/mol. The molecule has 0 radical (unpaired) electrons. The lowest BCUT2D eigenvalue weighted by molar-refractivity contribution is 1.44. The topological polar surface area (TPSA) is 3.24 Å². The van der Waals surface area contributed by atoms with Crippen molar-refractivity contribution in [1.29, 1.82) is 0 Å². The fourth-order valence-corrected chi connectivity index (χ4v) is 3.82. The molecule has 0 atom stereocenters. The zero-order valence-corrected chi connectivity index (χ0v) is 16.8. The third-order valence-corrected chi connectivity index (χ3v) is 5.54. The largest absolute Gasteiger partial charge is 0.287 e. The van der Waals surface area contributed by atoms with E-state index in [1.807, 2.05) is 65.0 Å². The monoisotopic (exact) mass is 387 g/mol. The lowest BCUT2D eigenvalue weighted by atomic mass is 10.3. The van der Waals surface area contributed by atoms with Gasteiger partial charge in [-0.25, -0.2) is 0 Å². The van der Waals surface area contributed by atoms with Crippen LogP contribution in [0.4, 0.5) is 11.4 Å². The number of thiol groups is 1. The molecule has 0 aliphatic rings. The minimum atomic E-state index is 0.777. The van der Waals surface area contributed by atoms with E-state index < -0.39 is 0 Å². The molecule has 0 amide bonds. The number of para-hydroxylation sites is 2. The van der Waals surface area contributed by atoms with E-state index in [4.69, 9.17) is 0 Å². The lowest BCUT2D eigenvalue weighted by Gasteiger charge is -2.17. The summed E-state index contributed by atoms with van der Waals surface area (Å²) in [6.45, 7) is 0. The molecular weight excluding hydrogens is 365 g/mol. The standard InChI is InChI=1S/C12H11NS.C12H11P/c14-13(11-7-3-1-4-8-11)12-9-5-2-6-10-12;1-3-7-11(8-4-1)13-12-9-5-2-6-10-12/h1-10,14H;1-10,13H. The molecule has 0 N–H and O–H groups in total. The van der Waals surface area contributed by atoms with Crippen molar-refractivity contribution in [1.82, 2.24) is 0 Å². The van der Waals surface area contributed by atoms with Gasteiger partial charge in [-0.2, -0.15) is 0 Å². The van der Waals surface area contributed by atoms with Gasteiger partial charge in [0, 0.05) is 0 Å². The van der Waals surface area contributed by atoms with Crippen molar-refractivity contribution < 1.29 is 0 Å². The Bertz CT molecular complexity index is 823. The van der Waals surface area contributed by atoms with Crippen LogP contribution in [0.2, 0.25) is 0 Å². The Morgan fingerprint density at radius 3 is 1.07 bits per heavy atom. The van der Waals surface area contributed by atoms with Gasteiger partial charge in [0.2, 0.25) is 0 Å². The Morgan fingerprint density at radius 2 is 0.741 bits per heavy atom. The number of nitrogens with zero attached hydrogens (tertiary/aromatic N) is 1. The molecule has 0 unspecified atom stereocenters. The van der Waals surface area contributed by atoms with Crippen molar-refractivity contribution in [2.75, 3.05) is 4.31 Å². The summed E-state index contributed by atoms with van der Waals surface area (Å²) in [6, 6.07) is 41.3. The molecule has 27 heavy (non-hydrogen) atoms. The predicted octanol–water partition coefficient (Wildman–Crippen LogP) is 5.99. The maximum Gasteiger partial charge on any atom is 0.0522 e. The van der Waals surface area contributed by atoms with Crippen LogP contribution in [-0.4, -0.2) is 0 Å². The number of benzene rings is 4. The van der Waals surface area contributed by atoms with E-state index in [1.54, 1.807) is 0 Å². The van der Waals surface area contributed by atoms with Crippen molar-refractivity contribution >= 4 is 43.4 Å². The summed E-state index contributed by atoms with van der Waals surface area (Å²) in [5.74, 6) is 0. The second kappa shape index (κ2) is 10.6. The molecule has 0 spiro atoms. The summed E-state index contributed by atoms with van der Waals surface area (Å²) >= 11 is 4.44. The van der Waals surface area contributed by atoms with Gasteiger partial charge in [0.25, 0.3) is 0 Å². The summed E-state index contributed by atoms with van der Waals surface area (Å²) < 4.78 is 1.86. The highest BCUT2D eigenvalue weighted by atomic mass is 32.1.